The van der Waals surface area contributed by atoms with Gasteiger partial charge in [0.25, 0.3) is 0 Å². The van der Waals surface area contributed by atoms with Gasteiger partial charge in [0.1, 0.15) is 0 Å². The molecule has 0 saturated carbocycles. The van der Waals surface area contributed by atoms with E-state index in [0.29, 0.717) is 0 Å². The van der Waals surface area contributed by atoms with Crippen LogP contribution in [0.2, 0.25) is 0 Å². The number of hydrogen-bond acceptors (Lipinski definition) is 0. The fourth-order valence-corrected chi connectivity index (χ4v) is 6.00. The zero-order valence-electron chi connectivity index (χ0n) is 28.6. The van der Waals surface area contributed by atoms with Crippen LogP contribution in [-0.2, 0) is 0 Å². The molecule has 0 unspecified atom stereocenters. The summed E-state index contributed by atoms with van der Waals surface area (Å²) >= 11 is 0. The third-order valence-electron chi connectivity index (χ3n) is 8.86. The van der Waals surface area contributed by atoms with Crippen molar-refractivity contribution in [2.24, 2.45) is 5.92 Å². The van der Waals surface area contributed by atoms with Gasteiger partial charge in [0, 0.05) is 0 Å². The van der Waals surface area contributed by atoms with Crippen LogP contribution in [0.1, 0.15) is 233 Å². The maximum atomic E-state index is 2.59. The lowest BCUT2D eigenvalue weighted by Crippen LogP contribution is -1.87. The minimum Gasteiger partial charge on any atom is -0.0885 e. The summed E-state index contributed by atoms with van der Waals surface area (Å²) in [6.07, 6.45) is 54.9. The van der Waals surface area contributed by atoms with Crippen molar-refractivity contribution in [3.05, 3.63) is 18.6 Å². The Morgan fingerprint density at radius 3 is 0.925 bits per heavy atom. The van der Waals surface area contributed by atoms with Gasteiger partial charge in [0.2, 0.25) is 0 Å². The first kappa shape index (κ1) is 39.7. The topological polar surface area (TPSA) is 0 Å². The summed E-state index contributed by atoms with van der Waals surface area (Å²) in [6.45, 7) is 6.99. The van der Waals surface area contributed by atoms with E-state index in [2.05, 4.69) is 39.3 Å². The first-order chi connectivity index (χ1) is 19.8. The van der Waals surface area contributed by atoms with E-state index in [4.69, 9.17) is 0 Å². The molecule has 0 heteroatoms. The van der Waals surface area contributed by atoms with Crippen LogP contribution in [0.3, 0.4) is 0 Å². The van der Waals surface area contributed by atoms with Crippen molar-refractivity contribution < 1.29 is 0 Å². The van der Waals surface area contributed by atoms with Gasteiger partial charge in [0.15, 0.2) is 0 Å². The van der Waals surface area contributed by atoms with E-state index in [0.717, 1.165) is 5.92 Å². The van der Waals surface area contributed by atoms with Crippen molar-refractivity contribution in [2.75, 3.05) is 0 Å². The molecule has 0 aliphatic carbocycles. The molecule has 0 N–H and O–H groups in total. The normalized spacial score (nSPS) is 11.9. The highest BCUT2D eigenvalue weighted by atomic mass is 14.0. The summed E-state index contributed by atoms with van der Waals surface area (Å²) < 4.78 is 0. The Labute approximate surface area is 256 Å². The van der Waals surface area contributed by atoms with Gasteiger partial charge < -0.3 is 0 Å². The Hall–Kier alpha value is -0.260. The minimum absolute atomic E-state index is 0.894. The van der Waals surface area contributed by atoms with Crippen molar-refractivity contribution in [2.45, 2.75) is 233 Å². The SMILES string of the molecule is CCCCCCCC/C=C\CCCCCCCCCCC[CH]CCCCCCCCCCCCCCCC(C)C. The van der Waals surface area contributed by atoms with E-state index < -0.39 is 0 Å². The Bertz CT molecular complexity index is 447. The van der Waals surface area contributed by atoms with Gasteiger partial charge in [-0.1, -0.05) is 219 Å². The first-order valence-corrected chi connectivity index (χ1v) is 19.2. The molecule has 0 rings (SSSR count). The fourth-order valence-electron chi connectivity index (χ4n) is 6.00. The molecule has 0 amide bonds. The van der Waals surface area contributed by atoms with Crippen molar-refractivity contribution in [3.63, 3.8) is 0 Å². The van der Waals surface area contributed by atoms with E-state index in [9.17, 15) is 0 Å². The lowest BCUT2D eigenvalue weighted by molar-refractivity contribution is 0.502. The second kappa shape index (κ2) is 36.8. The van der Waals surface area contributed by atoms with Crippen LogP contribution in [-0.4, -0.2) is 0 Å². The molecule has 0 aliphatic rings. The molecule has 40 heavy (non-hydrogen) atoms. The lowest BCUT2D eigenvalue weighted by Gasteiger charge is -2.05. The van der Waals surface area contributed by atoms with Crippen LogP contribution < -0.4 is 0 Å². The number of rotatable bonds is 35. The predicted molar refractivity (Wildman–Crippen MR) is 186 cm³/mol. The molecule has 0 saturated heterocycles. The molecule has 0 fully saturated rings. The van der Waals surface area contributed by atoms with Crippen molar-refractivity contribution in [1.82, 2.24) is 0 Å². The Balaban J connectivity index is 3.06. The maximum Gasteiger partial charge on any atom is -0.0351 e. The van der Waals surface area contributed by atoms with Gasteiger partial charge in [-0.2, -0.15) is 0 Å². The molecule has 0 heterocycles. The maximum absolute atomic E-state index is 2.59. The molecule has 0 bridgehead atoms. The highest BCUT2D eigenvalue weighted by Crippen LogP contribution is 2.16. The Morgan fingerprint density at radius 1 is 0.325 bits per heavy atom. The molecule has 0 aromatic rings. The van der Waals surface area contributed by atoms with Crippen LogP contribution >= 0.6 is 0 Å². The Kier molecular flexibility index (Phi) is 36.5. The molecular weight excluding hydrogens is 480 g/mol. The number of allylic oxidation sites excluding steroid dienone is 2. The van der Waals surface area contributed by atoms with Gasteiger partial charge >= 0.3 is 0 Å². The van der Waals surface area contributed by atoms with Crippen LogP contribution in [0.15, 0.2) is 12.2 Å². The number of hydrogen-bond donors (Lipinski definition) is 0. The second-order valence-corrected chi connectivity index (χ2v) is 13.6. The predicted octanol–water partition coefficient (Wildman–Crippen LogP) is 15.3. The van der Waals surface area contributed by atoms with E-state index in [-0.39, 0.29) is 0 Å². The molecule has 0 nitrogen and oxygen atoms in total. The largest absolute Gasteiger partial charge is 0.0885 e. The summed E-state index contributed by atoms with van der Waals surface area (Å²) in [5.41, 5.74) is 0. The molecule has 0 spiro atoms. The number of unbranched alkanes of at least 4 members (excludes halogenated alkanes) is 31. The third-order valence-corrected chi connectivity index (χ3v) is 8.86. The highest BCUT2D eigenvalue weighted by molar-refractivity contribution is 4.81. The van der Waals surface area contributed by atoms with Crippen LogP contribution in [0.4, 0.5) is 0 Å². The lowest BCUT2D eigenvalue weighted by atomic mass is 10.0. The standard InChI is InChI=1S/C40H79/c1-4-5-6-7-8-9-10-11-12-13-14-15-16-17-18-19-20-21-22-23-24-25-26-27-28-29-30-31-32-33-34-35-36-37-38-39-40(2)3/h11-12,24,40H,4-10,13-23,25-39H2,1-3H3/b12-11-. The Morgan fingerprint density at radius 2 is 0.600 bits per heavy atom. The molecule has 0 aromatic heterocycles. The van der Waals surface area contributed by atoms with Crippen LogP contribution in [0, 0.1) is 12.3 Å². The average molecular weight is 560 g/mol. The molecule has 0 atom stereocenters. The minimum atomic E-state index is 0.894. The van der Waals surface area contributed by atoms with Crippen molar-refractivity contribution >= 4 is 0 Å². The van der Waals surface area contributed by atoms with Gasteiger partial charge in [-0.05, 0) is 38.0 Å². The molecule has 239 valence electrons. The monoisotopic (exact) mass is 560 g/mol. The fraction of sp³-hybridized carbons (Fsp3) is 0.925. The molecule has 0 aliphatic heterocycles. The van der Waals surface area contributed by atoms with E-state index in [1.807, 2.05) is 0 Å². The zero-order valence-corrected chi connectivity index (χ0v) is 28.6. The van der Waals surface area contributed by atoms with Crippen LogP contribution in [0.5, 0.6) is 0 Å². The summed E-state index contributed by atoms with van der Waals surface area (Å²) in [4.78, 5) is 0. The summed E-state index contributed by atoms with van der Waals surface area (Å²) in [5.74, 6) is 0.894. The quantitative estimate of drug-likeness (QED) is 0.0535. The van der Waals surface area contributed by atoms with Gasteiger partial charge in [-0.3, -0.25) is 0 Å². The van der Waals surface area contributed by atoms with Gasteiger partial charge in [-0.15, -0.1) is 0 Å². The average Bonchev–Trinajstić information content (AvgIpc) is 2.95. The first-order valence-electron chi connectivity index (χ1n) is 19.2. The third kappa shape index (κ3) is 37.7. The molecular formula is C40H79. The van der Waals surface area contributed by atoms with Crippen molar-refractivity contribution in [1.29, 1.82) is 0 Å². The summed E-state index contributed by atoms with van der Waals surface area (Å²) in [6, 6.07) is 0. The van der Waals surface area contributed by atoms with Crippen molar-refractivity contribution in [3.8, 4) is 0 Å². The van der Waals surface area contributed by atoms with E-state index in [1.165, 1.54) is 212 Å². The smallest absolute Gasteiger partial charge is 0.0351 e. The van der Waals surface area contributed by atoms with E-state index in [1.54, 1.807) is 0 Å². The van der Waals surface area contributed by atoms with Gasteiger partial charge in [0.05, 0.1) is 0 Å². The summed E-state index contributed by atoms with van der Waals surface area (Å²) in [7, 11) is 0. The van der Waals surface area contributed by atoms with Crippen LogP contribution in [0.25, 0.3) is 0 Å². The molecule has 0 aromatic carbocycles. The second-order valence-electron chi connectivity index (χ2n) is 13.6. The van der Waals surface area contributed by atoms with E-state index >= 15 is 0 Å². The molecule has 1 radical (unpaired) electrons. The zero-order chi connectivity index (χ0) is 29.0. The summed E-state index contributed by atoms with van der Waals surface area (Å²) in [5, 5.41) is 0. The van der Waals surface area contributed by atoms with Gasteiger partial charge in [-0.25, -0.2) is 0 Å². The highest BCUT2D eigenvalue weighted by Gasteiger charge is 1.97.